The van der Waals surface area contributed by atoms with Crippen LogP contribution < -0.4 is 9.64 Å². The van der Waals surface area contributed by atoms with E-state index in [4.69, 9.17) is 4.74 Å². The van der Waals surface area contributed by atoms with Gasteiger partial charge in [-0.2, -0.15) is 0 Å². The summed E-state index contributed by atoms with van der Waals surface area (Å²) in [6.07, 6.45) is 3.45. The van der Waals surface area contributed by atoms with Crippen molar-refractivity contribution < 1.29 is 19.4 Å². The Kier molecular flexibility index (Phi) is 2.03. The van der Waals surface area contributed by atoms with E-state index in [9.17, 15) is 14.7 Å². The zero-order valence-corrected chi connectivity index (χ0v) is 10.3. The Morgan fingerprint density at radius 1 is 1.44 bits per heavy atom. The fraction of sp³-hybridized carbons (Fsp3) is 0.500. The van der Waals surface area contributed by atoms with Crippen molar-refractivity contribution in [1.29, 1.82) is 0 Å². The Balaban J connectivity index is 2.17. The molecule has 0 atom stereocenters. The summed E-state index contributed by atoms with van der Waals surface area (Å²) in [5.41, 5.74) is 0.196. The molecule has 1 aliphatic heterocycles. The molecule has 1 fully saturated rings. The lowest BCUT2D eigenvalue weighted by Gasteiger charge is -2.33. The monoisotopic (exact) mass is 250 g/mol. The summed E-state index contributed by atoms with van der Waals surface area (Å²) < 4.78 is 7.33. The fourth-order valence-electron chi connectivity index (χ4n) is 2.47. The minimum absolute atomic E-state index is 0.0932. The molecule has 0 radical (unpaired) electrons. The Morgan fingerprint density at radius 3 is 2.61 bits per heavy atom. The number of carbonyl (C=O) groups is 2. The van der Waals surface area contributed by atoms with E-state index in [1.807, 2.05) is 0 Å². The third kappa shape index (κ3) is 1.41. The molecule has 2 heterocycles. The number of aromatic carboxylic acids is 1. The molecule has 1 N–H and O–H groups in total. The number of carboxylic acid groups (broad SMARTS) is 1. The first-order chi connectivity index (χ1) is 8.43. The van der Waals surface area contributed by atoms with Crippen LogP contribution >= 0.6 is 0 Å². The lowest BCUT2D eigenvalue weighted by Crippen LogP contribution is -2.44. The predicted octanol–water partition coefficient (Wildman–Crippen LogP) is 1.00. The lowest BCUT2D eigenvalue weighted by molar-refractivity contribution is -0.117. The SMILES string of the molecule is CC(=O)N1CC2(CC2)Oc2cn(C)c(C(=O)O)c21. The van der Waals surface area contributed by atoms with Crippen molar-refractivity contribution in [1.82, 2.24) is 4.57 Å². The van der Waals surface area contributed by atoms with Crippen molar-refractivity contribution in [2.45, 2.75) is 25.4 Å². The van der Waals surface area contributed by atoms with Gasteiger partial charge in [-0.1, -0.05) is 0 Å². The lowest BCUT2D eigenvalue weighted by atomic mass is 10.2. The third-order valence-corrected chi connectivity index (χ3v) is 3.55. The molecule has 18 heavy (non-hydrogen) atoms. The summed E-state index contributed by atoms with van der Waals surface area (Å²) in [6.45, 7) is 1.89. The van der Waals surface area contributed by atoms with Gasteiger partial charge in [-0.3, -0.25) is 4.79 Å². The number of ether oxygens (including phenoxy) is 1. The van der Waals surface area contributed by atoms with E-state index in [1.165, 1.54) is 16.4 Å². The van der Waals surface area contributed by atoms with E-state index in [0.717, 1.165) is 12.8 Å². The van der Waals surface area contributed by atoms with E-state index in [1.54, 1.807) is 13.2 Å². The van der Waals surface area contributed by atoms with E-state index >= 15 is 0 Å². The second kappa shape index (κ2) is 3.28. The van der Waals surface area contributed by atoms with E-state index in [0.29, 0.717) is 18.0 Å². The average molecular weight is 250 g/mol. The number of hydrogen-bond donors (Lipinski definition) is 1. The van der Waals surface area contributed by atoms with Crippen molar-refractivity contribution >= 4 is 17.6 Å². The quantitative estimate of drug-likeness (QED) is 0.807. The number of carbonyl (C=O) groups excluding carboxylic acids is 1. The van der Waals surface area contributed by atoms with Crippen LogP contribution in [-0.4, -0.2) is 33.7 Å². The molecule has 96 valence electrons. The van der Waals surface area contributed by atoms with Gasteiger partial charge in [-0.25, -0.2) is 4.79 Å². The molecule has 2 aliphatic rings. The second-order valence-corrected chi connectivity index (χ2v) is 5.00. The number of anilines is 1. The highest BCUT2D eigenvalue weighted by Crippen LogP contribution is 2.50. The molecule has 6 heteroatoms. The molecule has 3 rings (SSSR count). The van der Waals surface area contributed by atoms with Gasteiger partial charge < -0.3 is 19.3 Å². The van der Waals surface area contributed by atoms with Crippen molar-refractivity contribution in [3.05, 3.63) is 11.9 Å². The van der Waals surface area contributed by atoms with Crippen LogP contribution in [0.1, 0.15) is 30.3 Å². The van der Waals surface area contributed by atoms with Gasteiger partial charge in [-0.05, 0) is 12.8 Å². The van der Waals surface area contributed by atoms with Gasteiger partial charge in [0.1, 0.15) is 11.3 Å². The summed E-state index contributed by atoms with van der Waals surface area (Å²) in [5, 5.41) is 9.24. The Bertz CT molecular complexity index is 557. The number of carboxylic acids is 1. The number of aryl methyl sites for hydroxylation is 1. The number of hydrogen-bond acceptors (Lipinski definition) is 3. The summed E-state index contributed by atoms with van der Waals surface area (Å²) >= 11 is 0. The normalized spacial score (nSPS) is 19.3. The zero-order valence-electron chi connectivity index (χ0n) is 10.3. The predicted molar refractivity (Wildman–Crippen MR) is 63.0 cm³/mol. The van der Waals surface area contributed by atoms with Crippen LogP contribution in [0.2, 0.25) is 0 Å². The van der Waals surface area contributed by atoms with Crippen LogP contribution in [0.25, 0.3) is 0 Å². The standard InChI is InChI=1S/C12H14N2O4/c1-7(15)14-6-12(3-4-12)18-8-5-13(2)10(9(8)14)11(16)17/h5H,3-4,6H2,1-2H3,(H,16,17). The molecule has 0 saturated heterocycles. The maximum Gasteiger partial charge on any atom is 0.354 e. The van der Waals surface area contributed by atoms with E-state index < -0.39 is 5.97 Å². The Labute approximate surface area is 104 Å². The molecule has 1 aromatic heterocycles. The number of amides is 1. The number of nitrogens with zero attached hydrogens (tertiary/aromatic N) is 2. The summed E-state index contributed by atoms with van der Waals surface area (Å²) in [4.78, 5) is 24.5. The van der Waals surface area contributed by atoms with Gasteiger partial charge in [0.2, 0.25) is 5.91 Å². The third-order valence-electron chi connectivity index (χ3n) is 3.55. The minimum Gasteiger partial charge on any atom is -0.482 e. The van der Waals surface area contributed by atoms with Crippen LogP contribution in [-0.2, 0) is 11.8 Å². The molecular weight excluding hydrogens is 236 g/mol. The minimum atomic E-state index is -1.06. The van der Waals surface area contributed by atoms with Crippen molar-refractivity contribution in [3.8, 4) is 5.75 Å². The maximum absolute atomic E-state index is 11.7. The Morgan fingerprint density at radius 2 is 2.11 bits per heavy atom. The van der Waals surface area contributed by atoms with Gasteiger partial charge in [0.25, 0.3) is 0 Å². The van der Waals surface area contributed by atoms with Crippen LogP contribution in [0.5, 0.6) is 5.75 Å². The van der Waals surface area contributed by atoms with Crippen LogP contribution in [0.15, 0.2) is 6.20 Å². The molecule has 1 aromatic rings. The van der Waals surface area contributed by atoms with Crippen molar-refractivity contribution in [3.63, 3.8) is 0 Å². The molecular formula is C12H14N2O4. The molecule has 0 aromatic carbocycles. The van der Waals surface area contributed by atoms with Crippen LogP contribution in [0, 0.1) is 0 Å². The van der Waals surface area contributed by atoms with Crippen LogP contribution in [0.4, 0.5) is 5.69 Å². The number of aromatic nitrogens is 1. The van der Waals surface area contributed by atoms with Gasteiger partial charge in [0, 0.05) is 20.2 Å². The number of rotatable bonds is 1. The molecule has 1 spiro atoms. The van der Waals surface area contributed by atoms with Gasteiger partial charge >= 0.3 is 5.97 Å². The maximum atomic E-state index is 11.7. The average Bonchev–Trinajstić information content (AvgIpc) is 2.90. The van der Waals surface area contributed by atoms with Gasteiger partial charge in [0.15, 0.2) is 11.4 Å². The first-order valence-electron chi connectivity index (χ1n) is 5.83. The number of fused-ring (bicyclic) bond motifs is 1. The molecule has 6 nitrogen and oxygen atoms in total. The second-order valence-electron chi connectivity index (χ2n) is 5.00. The Hall–Kier alpha value is -1.98. The van der Waals surface area contributed by atoms with E-state index in [2.05, 4.69) is 0 Å². The summed E-state index contributed by atoms with van der Waals surface area (Å²) in [7, 11) is 1.64. The largest absolute Gasteiger partial charge is 0.482 e. The molecule has 1 aliphatic carbocycles. The fourth-order valence-corrected chi connectivity index (χ4v) is 2.47. The molecule has 0 unspecified atom stereocenters. The van der Waals surface area contributed by atoms with Gasteiger partial charge in [0.05, 0.1) is 6.54 Å². The summed E-state index contributed by atoms with van der Waals surface area (Å²) in [5.74, 6) is -0.714. The van der Waals surface area contributed by atoms with Crippen molar-refractivity contribution in [2.24, 2.45) is 7.05 Å². The first-order valence-corrected chi connectivity index (χ1v) is 5.83. The van der Waals surface area contributed by atoms with E-state index in [-0.39, 0.29) is 17.2 Å². The molecule has 1 saturated carbocycles. The highest BCUT2D eigenvalue weighted by Gasteiger charge is 2.52. The van der Waals surface area contributed by atoms with Gasteiger partial charge in [-0.15, -0.1) is 0 Å². The topological polar surface area (TPSA) is 71.8 Å². The van der Waals surface area contributed by atoms with Crippen LogP contribution in [0.3, 0.4) is 0 Å². The zero-order chi connectivity index (χ0) is 13.1. The highest BCUT2D eigenvalue weighted by molar-refractivity contribution is 6.03. The molecule has 0 bridgehead atoms. The molecule has 1 amide bonds. The highest BCUT2D eigenvalue weighted by atomic mass is 16.5. The smallest absolute Gasteiger partial charge is 0.354 e. The first kappa shape index (κ1) is 11.1. The summed E-state index contributed by atoms with van der Waals surface area (Å²) in [6, 6.07) is 0. The van der Waals surface area contributed by atoms with Crippen molar-refractivity contribution in [2.75, 3.05) is 11.4 Å².